The average Bonchev–Trinajstić information content (AvgIpc) is 2.83. The Kier molecular flexibility index (Phi) is 4.04. The number of likely N-dealkylation sites (tertiary alicyclic amines) is 1. The fourth-order valence-corrected chi connectivity index (χ4v) is 1.91. The summed E-state index contributed by atoms with van der Waals surface area (Å²) in [5.74, 6) is 0.788. The molecule has 1 aliphatic heterocycles. The molecule has 1 aromatic carbocycles. The fraction of sp³-hybridized carbons (Fsp3) is 0.462. The fourth-order valence-electron chi connectivity index (χ4n) is 1.91. The maximum absolute atomic E-state index is 11.7. The Hall–Kier alpha value is -1.75. The first-order valence-corrected chi connectivity index (χ1v) is 5.99. The van der Waals surface area contributed by atoms with E-state index in [9.17, 15) is 4.79 Å². The van der Waals surface area contributed by atoms with Crippen molar-refractivity contribution in [3.8, 4) is 5.75 Å². The van der Waals surface area contributed by atoms with E-state index in [0.717, 1.165) is 17.7 Å². The van der Waals surface area contributed by atoms with E-state index < -0.39 is 0 Å². The van der Waals surface area contributed by atoms with Crippen LogP contribution in [-0.2, 0) is 11.3 Å². The number of methoxy groups -OCH3 is 1. The van der Waals surface area contributed by atoms with Gasteiger partial charge in [-0.2, -0.15) is 0 Å². The van der Waals surface area contributed by atoms with Gasteiger partial charge in [0, 0.05) is 19.1 Å². The third-order valence-electron chi connectivity index (χ3n) is 3.00. The lowest BCUT2D eigenvalue weighted by Crippen LogP contribution is -2.32. The van der Waals surface area contributed by atoms with Gasteiger partial charge >= 0.3 is 6.09 Å². The van der Waals surface area contributed by atoms with E-state index in [1.807, 2.05) is 24.3 Å². The molecule has 1 heterocycles. The number of nitrogens with zero attached hydrogens (tertiary/aromatic N) is 1. The second-order valence-corrected chi connectivity index (χ2v) is 4.40. The Morgan fingerprint density at radius 1 is 1.44 bits per heavy atom. The standard InChI is InChI=1S/C13H18N2O3/c1-17-12-4-2-10(3-5-12)9-18-13(16)15-7-6-11(14)8-15/h2-5,11H,6-9,14H2,1H3. The van der Waals surface area contributed by atoms with E-state index in [1.54, 1.807) is 12.0 Å². The molecular formula is C13H18N2O3. The van der Waals surface area contributed by atoms with Crippen molar-refractivity contribution < 1.29 is 14.3 Å². The molecular weight excluding hydrogens is 232 g/mol. The Morgan fingerprint density at radius 2 is 2.17 bits per heavy atom. The van der Waals surface area contributed by atoms with Crippen LogP contribution in [0.2, 0.25) is 0 Å². The molecule has 0 aromatic heterocycles. The van der Waals surface area contributed by atoms with Crippen LogP contribution in [-0.4, -0.2) is 37.2 Å². The largest absolute Gasteiger partial charge is 0.497 e. The molecule has 1 amide bonds. The zero-order valence-electron chi connectivity index (χ0n) is 10.5. The summed E-state index contributed by atoms with van der Waals surface area (Å²) in [5, 5.41) is 0. The number of carbonyl (C=O) groups is 1. The van der Waals surface area contributed by atoms with Crippen LogP contribution in [0.4, 0.5) is 4.79 Å². The number of carbonyl (C=O) groups excluding carboxylic acids is 1. The van der Waals surface area contributed by atoms with Gasteiger partial charge in [0.25, 0.3) is 0 Å². The molecule has 1 saturated heterocycles. The minimum atomic E-state index is -0.293. The van der Waals surface area contributed by atoms with Crippen molar-refractivity contribution in [1.29, 1.82) is 0 Å². The Morgan fingerprint density at radius 3 is 2.72 bits per heavy atom. The first-order valence-electron chi connectivity index (χ1n) is 5.99. The van der Waals surface area contributed by atoms with Crippen molar-refractivity contribution in [1.82, 2.24) is 4.90 Å². The summed E-state index contributed by atoms with van der Waals surface area (Å²) in [6.07, 6.45) is 0.552. The number of nitrogens with two attached hydrogens (primary N) is 1. The van der Waals surface area contributed by atoms with Crippen molar-refractivity contribution in [2.75, 3.05) is 20.2 Å². The quantitative estimate of drug-likeness (QED) is 0.879. The van der Waals surface area contributed by atoms with Crippen molar-refractivity contribution in [2.24, 2.45) is 5.73 Å². The van der Waals surface area contributed by atoms with Crippen molar-refractivity contribution in [2.45, 2.75) is 19.1 Å². The van der Waals surface area contributed by atoms with Gasteiger partial charge < -0.3 is 20.1 Å². The van der Waals surface area contributed by atoms with Gasteiger partial charge in [-0.3, -0.25) is 0 Å². The maximum atomic E-state index is 11.7. The molecule has 0 aliphatic carbocycles. The molecule has 0 radical (unpaired) electrons. The molecule has 18 heavy (non-hydrogen) atoms. The second kappa shape index (κ2) is 5.73. The highest BCUT2D eigenvalue weighted by molar-refractivity contribution is 5.68. The van der Waals surface area contributed by atoms with Crippen LogP contribution in [0.15, 0.2) is 24.3 Å². The molecule has 5 heteroatoms. The van der Waals surface area contributed by atoms with Crippen molar-refractivity contribution in [3.63, 3.8) is 0 Å². The van der Waals surface area contributed by atoms with E-state index >= 15 is 0 Å². The first kappa shape index (κ1) is 12.7. The van der Waals surface area contributed by atoms with E-state index in [-0.39, 0.29) is 18.7 Å². The monoisotopic (exact) mass is 250 g/mol. The lowest BCUT2D eigenvalue weighted by molar-refractivity contribution is 0.104. The number of hydrogen-bond donors (Lipinski definition) is 1. The molecule has 1 aliphatic rings. The number of amides is 1. The minimum absolute atomic E-state index is 0.0820. The minimum Gasteiger partial charge on any atom is -0.497 e. The van der Waals surface area contributed by atoms with Gasteiger partial charge in [-0.15, -0.1) is 0 Å². The highest BCUT2D eigenvalue weighted by Gasteiger charge is 2.24. The number of rotatable bonds is 3. The summed E-state index contributed by atoms with van der Waals surface area (Å²) in [5.41, 5.74) is 6.68. The van der Waals surface area contributed by atoms with Crippen molar-refractivity contribution in [3.05, 3.63) is 29.8 Å². The topological polar surface area (TPSA) is 64.8 Å². The summed E-state index contributed by atoms with van der Waals surface area (Å²) >= 11 is 0. The predicted molar refractivity (Wildman–Crippen MR) is 67.3 cm³/mol. The smallest absolute Gasteiger partial charge is 0.410 e. The normalized spacial score (nSPS) is 18.8. The Bertz CT molecular complexity index is 405. The Labute approximate surface area is 106 Å². The van der Waals surface area contributed by atoms with Crippen LogP contribution in [0.25, 0.3) is 0 Å². The van der Waals surface area contributed by atoms with E-state index in [4.69, 9.17) is 15.2 Å². The zero-order valence-corrected chi connectivity index (χ0v) is 10.5. The third-order valence-corrected chi connectivity index (χ3v) is 3.00. The van der Waals surface area contributed by atoms with Gasteiger partial charge in [-0.05, 0) is 24.1 Å². The highest BCUT2D eigenvalue weighted by Crippen LogP contribution is 2.13. The van der Waals surface area contributed by atoms with Crippen LogP contribution in [0, 0.1) is 0 Å². The van der Waals surface area contributed by atoms with Crippen LogP contribution in [0.1, 0.15) is 12.0 Å². The molecule has 0 saturated carbocycles. The van der Waals surface area contributed by atoms with Gasteiger partial charge in [-0.25, -0.2) is 4.79 Å². The predicted octanol–water partition coefficient (Wildman–Crippen LogP) is 1.36. The van der Waals surface area contributed by atoms with Crippen LogP contribution < -0.4 is 10.5 Å². The van der Waals surface area contributed by atoms with E-state index in [2.05, 4.69) is 0 Å². The molecule has 0 bridgehead atoms. The zero-order chi connectivity index (χ0) is 13.0. The first-order chi connectivity index (χ1) is 8.69. The molecule has 2 N–H and O–H groups in total. The van der Waals surface area contributed by atoms with E-state index in [0.29, 0.717) is 13.1 Å². The molecule has 0 spiro atoms. The van der Waals surface area contributed by atoms with Gasteiger partial charge in [-0.1, -0.05) is 12.1 Å². The van der Waals surface area contributed by atoms with Gasteiger partial charge in [0.15, 0.2) is 0 Å². The molecule has 5 nitrogen and oxygen atoms in total. The molecule has 1 aromatic rings. The van der Waals surface area contributed by atoms with Crippen LogP contribution >= 0.6 is 0 Å². The SMILES string of the molecule is COc1ccc(COC(=O)N2CCC(N)C2)cc1. The molecule has 98 valence electrons. The summed E-state index contributed by atoms with van der Waals surface area (Å²) < 4.78 is 10.3. The average molecular weight is 250 g/mol. The molecule has 2 rings (SSSR count). The highest BCUT2D eigenvalue weighted by atomic mass is 16.6. The van der Waals surface area contributed by atoms with Crippen LogP contribution in [0.3, 0.4) is 0 Å². The summed E-state index contributed by atoms with van der Waals surface area (Å²) in [4.78, 5) is 13.4. The number of hydrogen-bond acceptors (Lipinski definition) is 4. The van der Waals surface area contributed by atoms with Crippen LogP contribution in [0.5, 0.6) is 5.75 Å². The molecule has 1 unspecified atom stereocenters. The second-order valence-electron chi connectivity index (χ2n) is 4.40. The Balaban J connectivity index is 1.81. The lowest BCUT2D eigenvalue weighted by Gasteiger charge is -2.15. The molecule has 1 fully saturated rings. The van der Waals surface area contributed by atoms with Gasteiger partial charge in [0.1, 0.15) is 12.4 Å². The van der Waals surface area contributed by atoms with Crippen molar-refractivity contribution >= 4 is 6.09 Å². The lowest BCUT2D eigenvalue weighted by atomic mass is 10.2. The maximum Gasteiger partial charge on any atom is 0.410 e. The summed E-state index contributed by atoms with van der Waals surface area (Å²) in [6.45, 7) is 1.54. The van der Waals surface area contributed by atoms with Gasteiger partial charge in [0.05, 0.1) is 7.11 Å². The summed E-state index contributed by atoms with van der Waals surface area (Å²) in [6, 6.07) is 7.52. The third kappa shape index (κ3) is 3.13. The number of ether oxygens (including phenoxy) is 2. The number of benzene rings is 1. The van der Waals surface area contributed by atoms with E-state index in [1.165, 1.54) is 0 Å². The van der Waals surface area contributed by atoms with Gasteiger partial charge in [0.2, 0.25) is 0 Å². The molecule has 1 atom stereocenters. The summed E-state index contributed by atoms with van der Waals surface area (Å²) in [7, 11) is 1.62.